The van der Waals surface area contributed by atoms with Crippen LogP contribution in [-0.2, 0) is 0 Å². The van der Waals surface area contributed by atoms with Gasteiger partial charge < -0.3 is 5.11 Å². The number of hydrogen-bond acceptors (Lipinski definition) is 1. The van der Waals surface area contributed by atoms with Crippen LogP contribution in [0.4, 0.5) is 0 Å². The molecule has 0 aromatic carbocycles. The summed E-state index contributed by atoms with van der Waals surface area (Å²) in [6, 6.07) is 0. The first-order chi connectivity index (χ1) is 11.4. The molecular weight excluding hydrogens is 280 g/mol. The third-order valence-corrected chi connectivity index (χ3v) is 2.81. The van der Waals surface area contributed by atoms with E-state index in [-0.39, 0.29) is 6.61 Å². The second-order valence-electron chi connectivity index (χ2n) is 4.74. The zero-order valence-corrected chi connectivity index (χ0v) is 13.8. The molecule has 0 rings (SSSR count). The Hall–Kier alpha value is -2.50. The highest BCUT2D eigenvalue weighted by atomic mass is 16.2. The van der Waals surface area contributed by atoms with E-state index in [0.29, 0.717) is 0 Å². The Labute approximate surface area is 142 Å². The lowest BCUT2D eigenvalue weighted by Gasteiger charge is -1.91. The van der Waals surface area contributed by atoms with Gasteiger partial charge in [0.2, 0.25) is 0 Å². The molecule has 0 aromatic heterocycles. The Kier molecular flexibility index (Phi) is 17.4. The average molecular weight is 304 g/mol. The summed E-state index contributed by atoms with van der Waals surface area (Å²) in [5, 5.41) is 8.49. The molecule has 0 aromatic rings. The molecule has 1 N–H and O–H groups in total. The van der Waals surface area contributed by atoms with Gasteiger partial charge in [0.15, 0.2) is 0 Å². The first-order valence-corrected chi connectivity index (χ1v) is 8.05. The number of aliphatic hydroxyl groups excluding tert-OH is 1. The van der Waals surface area contributed by atoms with Crippen LogP contribution >= 0.6 is 0 Å². The van der Waals surface area contributed by atoms with Gasteiger partial charge in [-0.3, -0.25) is 0 Å². The van der Waals surface area contributed by atoms with E-state index >= 15 is 0 Å². The molecular formula is C22H24O. The molecule has 23 heavy (non-hydrogen) atoms. The lowest BCUT2D eigenvalue weighted by Crippen LogP contribution is -1.76. The average Bonchev–Trinajstić information content (AvgIpc) is 2.57. The molecule has 0 aliphatic rings. The van der Waals surface area contributed by atoms with E-state index in [4.69, 9.17) is 11.5 Å². The van der Waals surface area contributed by atoms with Crippen LogP contribution in [0, 0.1) is 59.7 Å². The predicted molar refractivity (Wildman–Crippen MR) is 97.7 cm³/mol. The van der Waals surface area contributed by atoms with Crippen LogP contribution in [0.1, 0.15) is 57.8 Å². The van der Waals surface area contributed by atoms with Gasteiger partial charge in [0.1, 0.15) is 6.61 Å². The van der Waals surface area contributed by atoms with Gasteiger partial charge in [-0.1, -0.05) is 36.2 Å². The third-order valence-electron chi connectivity index (χ3n) is 2.81. The maximum absolute atomic E-state index is 8.49. The number of terminal acetylenes is 1. The van der Waals surface area contributed by atoms with Crippen molar-refractivity contribution in [2.75, 3.05) is 6.61 Å². The lowest BCUT2D eigenvalue weighted by atomic mass is 10.1. The summed E-state index contributed by atoms with van der Waals surface area (Å²) in [6.45, 7) is -0.0448. The van der Waals surface area contributed by atoms with E-state index in [9.17, 15) is 0 Å². The van der Waals surface area contributed by atoms with Crippen LogP contribution < -0.4 is 0 Å². The zero-order valence-electron chi connectivity index (χ0n) is 13.8. The second-order valence-corrected chi connectivity index (χ2v) is 4.74. The van der Waals surface area contributed by atoms with Crippen LogP contribution in [0.5, 0.6) is 0 Å². The minimum absolute atomic E-state index is 0.0448. The van der Waals surface area contributed by atoms with E-state index < -0.39 is 0 Å². The smallest absolute Gasteiger partial charge is 0.104 e. The van der Waals surface area contributed by atoms with E-state index in [0.717, 1.165) is 57.8 Å². The minimum atomic E-state index is -0.0448. The molecule has 0 fully saturated rings. The van der Waals surface area contributed by atoms with Crippen molar-refractivity contribution in [3.8, 4) is 59.7 Å². The molecule has 0 aliphatic carbocycles. The van der Waals surface area contributed by atoms with Crippen molar-refractivity contribution in [2.45, 2.75) is 57.8 Å². The summed E-state index contributed by atoms with van der Waals surface area (Å²) in [5.74, 6) is 25.2. The minimum Gasteiger partial charge on any atom is -0.384 e. The first-order valence-electron chi connectivity index (χ1n) is 8.05. The summed E-state index contributed by atoms with van der Waals surface area (Å²) in [6.07, 6.45) is 17.8. The monoisotopic (exact) mass is 304 g/mol. The Morgan fingerprint density at radius 3 is 1.91 bits per heavy atom. The normalized spacial score (nSPS) is 8.35. The summed E-state index contributed by atoms with van der Waals surface area (Å²) >= 11 is 0. The highest BCUT2D eigenvalue weighted by Gasteiger charge is 1.85. The van der Waals surface area contributed by atoms with E-state index in [1.165, 1.54) is 0 Å². The quantitative estimate of drug-likeness (QED) is 0.535. The SMILES string of the molecule is C#CC=CCCCCC#CC#CC#CCCCCCC#CCO. The third kappa shape index (κ3) is 19.5. The molecule has 1 heteroatoms. The van der Waals surface area contributed by atoms with Crippen LogP contribution in [0.15, 0.2) is 12.2 Å². The van der Waals surface area contributed by atoms with Crippen LogP contribution in [0.2, 0.25) is 0 Å². The molecule has 0 radical (unpaired) electrons. The Morgan fingerprint density at radius 1 is 0.696 bits per heavy atom. The lowest BCUT2D eigenvalue weighted by molar-refractivity contribution is 0.350. The molecule has 0 amide bonds. The number of allylic oxidation sites excluding steroid dienone is 2. The van der Waals surface area contributed by atoms with Crippen LogP contribution in [-0.4, -0.2) is 11.7 Å². The largest absolute Gasteiger partial charge is 0.384 e. The zero-order chi connectivity index (χ0) is 16.8. The number of hydrogen-bond donors (Lipinski definition) is 1. The van der Waals surface area contributed by atoms with Crippen LogP contribution in [0.25, 0.3) is 0 Å². The van der Waals surface area contributed by atoms with Gasteiger partial charge >= 0.3 is 0 Å². The van der Waals surface area contributed by atoms with E-state index in [2.05, 4.69) is 53.3 Å². The molecule has 1 nitrogen and oxygen atoms in total. The fourth-order valence-corrected chi connectivity index (χ4v) is 1.65. The fraction of sp³-hybridized carbons (Fsp3) is 0.455. The van der Waals surface area contributed by atoms with Gasteiger partial charge in [-0.25, -0.2) is 0 Å². The maximum atomic E-state index is 8.49. The van der Waals surface area contributed by atoms with Gasteiger partial charge in [-0.05, 0) is 61.9 Å². The topological polar surface area (TPSA) is 20.2 Å². The second kappa shape index (κ2) is 19.5. The van der Waals surface area contributed by atoms with E-state index in [1.54, 1.807) is 6.08 Å². The fourth-order valence-electron chi connectivity index (χ4n) is 1.65. The molecule has 0 spiro atoms. The summed E-state index contributed by atoms with van der Waals surface area (Å²) in [7, 11) is 0. The molecule has 118 valence electrons. The maximum Gasteiger partial charge on any atom is 0.104 e. The summed E-state index contributed by atoms with van der Waals surface area (Å²) in [5.41, 5.74) is 0. The van der Waals surface area contributed by atoms with Gasteiger partial charge in [0, 0.05) is 19.3 Å². The summed E-state index contributed by atoms with van der Waals surface area (Å²) in [4.78, 5) is 0. The van der Waals surface area contributed by atoms with Crippen LogP contribution in [0.3, 0.4) is 0 Å². The molecule has 0 aliphatic heterocycles. The molecule has 0 unspecified atom stereocenters. The number of unbranched alkanes of at least 4 members (excludes halogenated alkanes) is 7. The van der Waals surface area contributed by atoms with E-state index in [1.807, 2.05) is 6.08 Å². The standard InChI is InChI=1S/C22H24O/c1-2-3-4-5-6-7-8-9-10-11-12-13-14-15-16-17-18-19-20-21-22-23/h1,3-4,23H,5-8,15-19,22H2. The van der Waals surface area contributed by atoms with Gasteiger partial charge in [0.25, 0.3) is 0 Å². The molecule has 0 bridgehead atoms. The van der Waals surface area contributed by atoms with Crippen molar-refractivity contribution in [3.63, 3.8) is 0 Å². The molecule has 0 heterocycles. The molecule has 0 atom stereocenters. The number of aliphatic hydroxyl groups is 1. The Morgan fingerprint density at radius 2 is 1.30 bits per heavy atom. The van der Waals surface area contributed by atoms with Crippen molar-refractivity contribution >= 4 is 0 Å². The van der Waals surface area contributed by atoms with Crippen molar-refractivity contribution in [1.82, 2.24) is 0 Å². The highest BCUT2D eigenvalue weighted by molar-refractivity contribution is 5.35. The Bertz CT molecular complexity index is 600. The van der Waals surface area contributed by atoms with Crippen molar-refractivity contribution in [3.05, 3.63) is 12.2 Å². The molecule has 0 saturated heterocycles. The first kappa shape index (κ1) is 20.5. The van der Waals surface area contributed by atoms with Crippen molar-refractivity contribution in [2.24, 2.45) is 0 Å². The van der Waals surface area contributed by atoms with Gasteiger partial charge in [-0.15, -0.1) is 12.3 Å². The van der Waals surface area contributed by atoms with Gasteiger partial charge in [-0.2, -0.15) is 0 Å². The predicted octanol–water partition coefficient (Wildman–Crippen LogP) is 3.69. The number of rotatable bonds is 8. The summed E-state index contributed by atoms with van der Waals surface area (Å²) < 4.78 is 0. The van der Waals surface area contributed by atoms with Crippen molar-refractivity contribution < 1.29 is 5.11 Å². The van der Waals surface area contributed by atoms with Crippen molar-refractivity contribution in [1.29, 1.82) is 0 Å². The Balaban J connectivity index is 3.54. The van der Waals surface area contributed by atoms with Gasteiger partial charge in [0.05, 0.1) is 0 Å². The molecule has 0 saturated carbocycles. The highest BCUT2D eigenvalue weighted by Crippen LogP contribution is 2.01.